The van der Waals surface area contributed by atoms with Crippen LogP contribution in [0, 0.1) is 13.8 Å². The van der Waals surface area contributed by atoms with Gasteiger partial charge in [-0.1, -0.05) is 23.4 Å². The molecule has 1 atom stereocenters. The number of carbonyl (C=O) groups is 1. The summed E-state index contributed by atoms with van der Waals surface area (Å²) in [6.07, 6.45) is -0.609. The van der Waals surface area contributed by atoms with Crippen molar-refractivity contribution in [3.05, 3.63) is 53.0 Å². The van der Waals surface area contributed by atoms with E-state index >= 15 is 0 Å². The highest BCUT2D eigenvalue weighted by atomic mass is 32.2. The van der Waals surface area contributed by atoms with Gasteiger partial charge >= 0.3 is 0 Å². The van der Waals surface area contributed by atoms with Crippen LogP contribution < -0.4 is 0 Å². The molecule has 1 aliphatic heterocycles. The minimum atomic E-state index is -3.81. The van der Waals surface area contributed by atoms with Gasteiger partial charge in [-0.3, -0.25) is 4.79 Å². The number of ether oxygens (including phenoxy) is 1. The molecule has 0 aliphatic carbocycles. The first-order chi connectivity index (χ1) is 14.7. The number of sulfonamides is 1. The third kappa shape index (κ3) is 3.82. The van der Waals surface area contributed by atoms with E-state index < -0.39 is 16.1 Å². The molecule has 4 rings (SSSR count). The fourth-order valence-corrected chi connectivity index (χ4v) is 5.49. The van der Waals surface area contributed by atoms with Crippen molar-refractivity contribution in [3.8, 4) is 0 Å². The number of nitrogens with zero attached hydrogens (tertiary/aromatic N) is 4. The monoisotopic (exact) mass is 444 g/mol. The molecule has 0 unspecified atom stereocenters. The Morgan fingerprint density at radius 2 is 1.97 bits per heavy atom. The van der Waals surface area contributed by atoms with Crippen LogP contribution in [0.25, 0.3) is 10.9 Å². The van der Waals surface area contributed by atoms with Gasteiger partial charge in [-0.2, -0.15) is 4.31 Å². The molecule has 0 bridgehead atoms. The molecule has 9 nitrogen and oxygen atoms in total. The van der Waals surface area contributed by atoms with Gasteiger partial charge in [0, 0.05) is 32.6 Å². The summed E-state index contributed by atoms with van der Waals surface area (Å²) >= 11 is 0. The van der Waals surface area contributed by atoms with Gasteiger partial charge < -0.3 is 14.2 Å². The molecule has 1 fully saturated rings. The lowest BCUT2D eigenvalue weighted by Crippen LogP contribution is -2.42. The topological polar surface area (TPSA) is 106 Å². The number of rotatable bonds is 4. The first-order valence-electron chi connectivity index (χ1n) is 9.86. The van der Waals surface area contributed by atoms with Gasteiger partial charge in [-0.25, -0.2) is 13.4 Å². The highest BCUT2D eigenvalue weighted by Crippen LogP contribution is 2.30. The second-order valence-corrected chi connectivity index (χ2v) is 9.56. The maximum absolute atomic E-state index is 13.2. The van der Waals surface area contributed by atoms with Crippen molar-refractivity contribution in [2.45, 2.75) is 24.8 Å². The molecule has 0 radical (unpaired) electrons. The smallest absolute Gasteiger partial charge is 0.254 e. The van der Waals surface area contributed by atoms with E-state index in [4.69, 9.17) is 9.26 Å². The molecular formula is C21H24N4O5S. The molecule has 3 heterocycles. The number of aromatic nitrogens is 2. The van der Waals surface area contributed by atoms with Crippen LogP contribution in [0.4, 0.5) is 0 Å². The average Bonchev–Trinajstić information content (AvgIpc) is 3.11. The van der Waals surface area contributed by atoms with Crippen molar-refractivity contribution in [2.24, 2.45) is 0 Å². The Hall–Kier alpha value is -2.82. The standard InChI is InChI=1S/C21H24N4O5S/c1-13-20(14(2)30-23-13)31(27,28)25-9-10-29-19(12-25)18-11-16(21(26)24(3)4)15-7-5-6-8-17(15)22-18/h5-8,11,19H,9-10,12H2,1-4H3/t19-/m0/s1. The summed E-state index contributed by atoms with van der Waals surface area (Å²) in [6.45, 7) is 3.67. The molecule has 1 aliphatic rings. The first-order valence-corrected chi connectivity index (χ1v) is 11.3. The minimum Gasteiger partial charge on any atom is -0.369 e. The highest BCUT2D eigenvalue weighted by molar-refractivity contribution is 7.89. The molecule has 1 aromatic carbocycles. The fourth-order valence-electron chi connectivity index (χ4n) is 3.77. The number of para-hydroxylation sites is 1. The number of carbonyl (C=O) groups excluding carboxylic acids is 1. The largest absolute Gasteiger partial charge is 0.369 e. The number of benzene rings is 1. The van der Waals surface area contributed by atoms with Crippen LogP contribution in [0.2, 0.25) is 0 Å². The highest BCUT2D eigenvalue weighted by Gasteiger charge is 2.36. The number of hydrogen-bond acceptors (Lipinski definition) is 7. The van der Waals surface area contributed by atoms with Crippen molar-refractivity contribution >= 4 is 26.8 Å². The zero-order valence-corrected chi connectivity index (χ0v) is 18.6. The SMILES string of the molecule is Cc1noc(C)c1S(=O)(=O)N1CCO[C@H](c2cc(C(=O)N(C)C)c3ccccc3n2)C1. The maximum Gasteiger partial charge on any atom is 0.254 e. The van der Waals surface area contributed by atoms with Gasteiger partial charge in [0.05, 0.1) is 23.4 Å². The molecular weight excluding hydrogens is 420 g/mol. The van der Waals surface area contributed by atoms with E-state index in [1.54, 1.807) is 34.0 Å². The van der Waals surface area contributed by atoms with Crippen molar-refractivity contribution in [2.75, 3.05) is 33.8 Å². The van der Waals surface area contributed by atoms with E-state index in [1.165, 1.54) is 9.21 Å². The quantitative estimate of drug-likeness (QED) is 0.608. The summed E-state index contributed by atoms with van der Waals surface area (Å²) in [5.41, 5.74) is 1.99. The first kappa shape index (κ1) is 21.4. The van der Waals surface area contributed by atoms with Crippen LogP contribution in [-0.4, -0.2) is 67.5 Å². The Balaban J connectivity index is 1.73. The molecule has 3 aromatic rings. The average molecular weight is 445 g/mol. The van der Waals surface area contributed by atoms with Gasteiger partial charge in [0.15, 0.2) is 5.76 Å². The second kappa shape index (κ2) is 8.03. The summed E-state index contributed by atoms with van der Waals surface area (Å²) < 4.78 is 38.8. The van der Waals surface area contributed by atoms with Crippen LogP contribution in [-0.2, 0) is 14.8 Å². The number of amides is 1. The maximum atomic E-state index is 13.2. The Morgan fingerprint density at radius 1 is 1.23 bits per heavy atom. The van der Waals surface area contributed by atoms with Crippen molar-refractivity contribution in [1.29, 1.82) is 0 Å². The van der Waals surface area contributed by atoms with Crippen LogP contribution in [0.15, 0.2) is 39.8 Å². The van der Waals surface area contributed by atoms with Crippen LogP contribution in [0.3, 0.4) is 0 Å². The van der Waals surface area contributed by atoms with E-state index in [1.807, 2.05) is 24.3 Å². The Kier molecular flexibility index (Phi) is 5.54. The second-order valence-electron chi connectivity index (χ2n) is 7.69. The molecule has 10 heteroatoms. The number of morpholine rings is 1. The van der Waals surface area contributed by atoms with Gasteiger partial charge in [-0.05, 0) is 26.0 Å². The van der Waals surface area contributed by atoms with Crippen LogP contribution in [0.5, 0.6) is 0 Å². The van der Waals surface area contributed by atoms with Gasteiger partial charge in [0.1, 0.15) is 16.7 Å². The zero-order chi connectivity index (χ0) is 22.3. The van der Waals surface area contributed by atoms with Crippen molar-refractivity contribution in [1.82, 2.24) is 19.3 Å². The summed E-state index contributed by atoms with van der Waals surface area (Å²) in [5.74, 6) is 0.0964. The number of hydrogen-bond donors (Lipinski definition) is 0. The lowest BCUT2D eigenvalue weighted by atomic mass is 10.0. The predicted octanol–water partition coefficient (Wildman–Crippen LogP) is 2.30. The van der Waals surface area contributed by atoms with Gasteiger partial charge in [-0.15, -0.1) is 0 Å². The molecule has 2 aromatic heterocycles. The van der Waals surface area contributed by atoms with E-state index in [9.17, 15) is 13.2 Å². The van der Waals surface area contributed by atoms with Gasteiger partial charge in [0.2, 0.25) is 10.0 Å². The lowest BCUT2D eigenvalue weighted by molar-refractivity contribution is -0.00483. The van der Waals surface area contributed by atoms with E-state index in [2.05, 4.69) is 10.1 Å². The molecule has 0 N–H and O–H groups in total. The van der Waals surface area contributed by atoms with Crippen LogP contribution >= 0.6 is 0 Å². The molecule has 164 valence electrons. The molecule has 1 amide bonds. The summed E-state index contributed by atoms with van der Waals surface area (Å²) in [6, 6.07) is 9.07. The van der Waals surface area contributed by atoms with Crippen molar-refractivity contribution in [3.63, 3.8) is 0 Å². The summed E-state index contributed by atoms with van der Waals surface area (Å²) in [7, 11) is -0.436. The predicted molar refractivity (Wildman–Crippen MR) is 113 cm³/mol. The van der Waals surface area contributed by atoms with E-state index in [0.717, 1.165) is 5.39 Å². The van der Waals surface area contributed by atoms with E-state index in [-0.39, 0.29) is 36.3 Å². The van der Waals surface area contributed by atoms with E-state index in [0.29, 0.717) is 22.5 Å². The third-order valence-corrected chi connectivity index (χ3v) is 7.41. The van der Waals surface area contributed by atoms with Crippen molar-refractivity contribution < 1.29 is 22.5 Å². The Bertz CT molecular complexity index is 1230. The molecule has 31 heavy (non-hydrogen) atoms. The minimum absolute atomic E-state index is 0.0767. The molecule has 0 saturated carbocycles. The normalized spacial score (nSPS) is 17.7. The Morgan fingerprint density at radius 3 is 2.65 bits per heavy atom. The number of pyridine rings is 1. The van der Waals surface area contributed by atoms with Gasteiger partial charge in [0.25, 0.3) is 5.91 Å². The summed E-state index contributed by atoms with van der Waals surface area (Å²) in [4.78, 5) is 19.0. The number of fused-ring (bicyclic) bond motifs is 1. The molecule has 0 spiro atoms. The van der Waals surface area contributed by atoms with Crippen LogP contribution in [0.1, 0.15) is 33.6 Å². The lowest BCUT2D eigenvalue weighted by Gasteiger charge is -2.32. The third-order valence-electron chi connectivity index (χ3n) is 5.30. The Labute approximate surface area is 180 Å². The molecule has 1 saturated heterocycles. The number of aryl methyl sites for hydroxylation is 2. The zero-order valence-electron chi connectivity index (χ0n) is 17.8. The fraction of sp³-hybridized carbons (Fsp3) is 0.381. The summed E-state index contributed by atoms with van der Waals surface area (Å²) in [5, 5.41) is 4.51.